The number of amides is 1. The molecule has 0 bridgehead atoms. The summed E-state index contributed by atoms with van der Waals surface area (Å²) in [5.74, 6) is -0.717. The van der Waals surface area contributed by atoms with Crippen LogP contribution in [0, 0.1) is 0 Å². The van der Waals surface area contributed by atoms with Crippen molar-refractivity contribution >= 4 is 18.1 Å². The molecule has 0 radical (unpaired) electrons. The van der Waals surface area contributed by atoms with E-state index in [-0.39, 0.29) is 18.1 Å². The summed E-state index contributed by atoms with van der Waals surface area (Å²) in [5, 5.41) is 12.9. The summed E-state index contributed by atoms with van der Waals surface area (Å²) in [6, 6.07) is 16.9. The molecule has 0 aliphatic carbocycles. The number of benzene rings is 2. The highest BCUT2D eigenvalue weighted by Gasteiger charge is 2.05. The summed E-state index contributed by atoms with van der Waals surface area (Å²) in [5.41, 5.74) is 4.67. The van der Waals surface area contributed by atoms with Crippen molar-refractivity contribution in [3.8, 4) is 5.75 Å². The highest BCUT2D eigenvalue weighted by Crippen LogP contribution is 2.18. The summed E-state index contributed by atoms with van der Waals surface area (Å²) in [6.07, 6.45) is 4.57. The number of hydrogen-bond acceptors (Lipinski definition) is 5. The lowest BCUT2D eigenvalue weighted by Gasteiger charge is -2.09. The van der Waals surface area contributed by atoms with E-state index in [0.29, 0.717) is 16.9 Å². The smallest absolute Gasteiger partial charge is 0.335 e. The number of aromatic carboxylic acids is 1. The Kier molecular flexibility index (Phi) is 6.10. The van der Waals surface area contributed by atoms with Crippen LogP contribution in [0.25, 0.3) is 0 Å². The molecular weight excluding hydrogens is 358 g/mol. The largest absolute Gasteiger partial charge is 0.488 e. The van der Waals surface area contributed by atoms with Crippen molar-refractivity contribution in [2.24, 2.45) is 5.10 Å². The maximum atomic E-state index is 12.0. The fourth-order valence-corrected chi connectivity index (χ4v) is 2.35. The maximum absolute atomic E-state index is 12.0. The molecule has 7 nitrogen and oxygen atoms in total. The second-order valence-electron chi connectivity index (χ2n) is 5.76. The van der Waals surface area contributed by atoms with Crippen molar-refractivity contribution in [2.45, 2.75) is 6.61 Å². The van der Waals surface area contributed by atoms with E-state index in [4.69, 9.17) is 9.84 Å². The molecule has 3 aromatic rings. The van der Waals surface area contributed by atoms with Crippen LogP contribution >= 0.6 is 0 Å². The van der Waals surface area contributed by atoms with E-state index in [1.165, 1.54) is 30.7 Å². The molecule has 140 valence electrons. The van der Waals surface area contributed by atoms with Gasteiger partial charge in [0, 0.05) is 23.5 Å². The van der Waals surface area contributed by atoms with Gasteiger partial charge in [0.2, 0.25) is 0 Å². The van der Waals surface area contributed by atoms with Gasteiger partial charge in [0.15, 0.2) is 0 Å². The number of pyridine rings is 1. The number of carbonyl (C=O) groups is 2. The minimum absolute atomic E-state index is 0.223. The molecule has 2 aromatic carbocycles. The minimum atomic E-state index is -0.970. The molecule has 3 rings (SSSR count). The van der Waals surface area contributed by atoms with E-state index in [0.717, 1.165) is 5.56 Å². The molecule has 7 heteroatoms. The molecule has 1 aromatic heterocycles. The zero-order chi connectivity index (χ0) is 19.8. The van der Waals surface area contributed by atoms with Crippen LogP contribution in [0.4, 0.5) is 0 Å². The van der Waals surface area contributed by atoms with Crippen LogP contribution in [0.2, 0.25) is 0 Å². The molecule has 28 heavy (non-hydrogen) atoms. The van der Waals surface area contributed by atoms with Gasteiger partial charge in [-0.15, -0.1) is 0 Å². The highest BCUT2D eigenvalue weighted by molar-refractivity contribution is 5.95. The lowest BCUT2D eigenvalue weighted by Crippen LogP contribution is -2.17. The first-order chi connectivity index (χ1) is 13.6. The fourth-order valence-electron chi connectivity index (χ4n) is 2.35. The normalized spacial score (nSPS) is 10.6. The zero-order valence-electron chi connectivity index (χ0n) is 14.8. The number of rotatable bonds is 7. The summed E-state index contributed by atoms with van der Waals surface area (Å²) in [6.45, 7) is 0.272. The average Bonchev–Trinajstić information content (AvgIpc) is 2.74. The van der Waals surface area contributed by atoms with Crippen LogP contribution in [0.15, 0.2) is 78.2 Å². The first kappa shape index (κ1) is 18.8. The maximum Gasteiger partial charge on any atom is 0.335 e. The zero-order valence-corrected chi connectivity index (χ0v) is 14.8. The monoisotopic (exact) mass is 375 g/mol. The van der Waals surface area contributed by atoms with Gasteiger partial charge in [-0.05, 0) is 42.0 Å². The molecular formula is C21H17N3O4. The number of carbonyl (C=O) groups excluding carboxylic acids is 1. The van der Waals surface area contributed by atoms with Gasteiger partial charge in [0.1, 0.15) is 12.4 Å². The number of hydrogen-bond donors (Lipinski definition) is 2. The van der Waals surface area contributed by atoms with E-state index < -0.39 is 5.97 Å². The fraction of sp³-hybridized carbons (Fsp3) is 0.0476. The standard InChI is InChI=1S/C21H17N3O4/c25-20(16-9-11-22-12-10-16)24-23-13-18-3-1-2-4-19(18)28-14-15-5-7-17(8-6-15)21(26)27/h1-13H,14H2,(H,24,25)(H,26,27)/b23-13-. The van der Waals surface area contributed by atoms with Gasteiger partial charge in [-0.2, -0.15) is 5.10 Å². The van der Waals surface area contributed by atoms with Crippen LogP contribution in [-0.4, -0.2) is 28.2 Å². The van der Waals surface area contributed by atoms with Crippen molar-refractivity contribution in [3.63, 3.8) is 0 Å². The van der Waals surface area contributed by atoms with E-state index in [2.05, 4.69) is 15.5 Å². The summed E-state index contributed by atoms with van der Waals surface area (Å²) in [7, 11) is 0. The first-order valence-electron chi connectivity index (χ1n) is 8.41. The van der Waals surface area contributed by atoms with E-state index >= 15 is 0 Å². The van der Waals surface area contributed by atoms with Gasteiger partial charge in [-0.3, -0.25) is 9.78 Å². The quantitative estimate of drug-likeness (QED) is 0.488. The Balaban J connectivity index is 1.62. The SMILES string of the molecule is O=C(O)c1ccc(COc2ccccc2/C=N\NC(=O)c2ccncc2)cc1. The average molecular weight is 375 g/mol. The molecule has 0 fully saturated rings. The van der Waals surface area contributed by atoms with Crippen molar-refractivity contribution in [1.29, 1.82) is 0 Å². The van der Waals surface area contributed by atoms with Gasteiger partial charge < -0.3 is 9.84 Å². The highest BCUT2D eigenvalue weighted by atomic mass is 16.5. The molecule has 0 spiro atoms. The number of nitrogens with one attached hydrogen (secondary N) is 1. The summed E-state index contributed by atoms with van der Waals surface area (Å²) in [4.78, 5) is 26.7. The van der Waals surface area contributed by atoms with Gasteiger partial charge in [-0.25, -0.2) is 10.2 Å². The Morgan fingerprint density at radius 3 is 2.43 bits per heavy atom. The minimum Gasteiger partial charge on any atom is -0.488 e. The third kappa shape index (κ3) is 5.01. The molecule has 2 N–H and O–H groups in total. The topological polar surface area (TPSA) is 101 Å². The Morgan fingerprint density at radius 1 is 1.00 bits per heavy atom. The third-order valence-corrected chi connectivity index (χ3v) is 3.83. The van der Waals surface area contributed by atoms with Crippen LogP contribution < -0.4 is 10.2 Å². The van der Waals surface area contributed by atoms with E-state index in [9.17, 15) is 9.59 Å². The summed E-state index contributed by atoms with van der Waals surface area (Å²) >= 11 is 0. The Hall–Kier alpha value is -4.00. The molecule has 1 heterocycles. The number of hydrazone groups is 1. The van der Waals surface area contributed by atoms with Crippen LogP contribution in [-0.2, 0) is 6.61 Å². The Morgan fingerprint density at radius 2 is 1.71 bits per heavy atom. The van der Waals surface area contributed by atoms with Crippen molar-refractivity contribution in [1.82, 2.24) is 10.4 Å². The number of ether oxygens (including phenoxy) is 1. The van der Waals surface area contributed by atoms with Crippen LogP contribution in [0.1, 0.15) is 31.8 Å². The van der Waals surface area contributed by atoms with Gasteiger partial charge >= 0.3 is 5.97 Å². The molecule has 0 atom stereocenters. The molecule has 0 saturated heterocycles. The lowest BCUT2D eigenvalue weighted by molar-refractivity contribution is 0.0696. The number of para-hydroxylation sites is 1. The van der Waals surface area contributed by atoms with Crippen LogP contribution in [0.5, 0.6) is 5.75 Å². The second kappa shape index (κ2) is 9.09. The Bertz CT molecular complexity index is 986. The van der Waals surface area contributed by atoms with Gasteiger partial charge in [0.25, 0.3) is 5.91 Å². The van der Waals surface area contributed by atoms with E-state index in [1.54, 1.807) is 30.3 Å². The van der Waals surface area contributed by atoms with E-state index in [1.807, 2.05) is 18.2 Å². The van der Waals surface area contributed by atoms with Crippen molar-refractivity contribution in [2.75, 3.05) is 0 Å². The van der Waals surface area contributed by atoms with Crippen molar-refractivity contribution < 1.29 is 19.4 Å². The molecule has 0 saturated carbocycles. The number of carboxylic acids is 1. The van der Waals surface area contributed by atoms with Gasteiger partial charge in [0.05, 0.1) is 11.8 Å². The lowest BCUT2D eigenvalue weighted by atomic mass is 10.1. The third-order valence-electron chi connectivity index (χ3n) is 3.83. The molecule has 1 amide bonds. The Labute approximate surface area is 161 Å². The number of aromatic nitrogens is 1. The first-order valence-corrected chi connectivity index (χ1v) is 8.41. The predicted molar refractivity (Wildman–Crippen MR) is 103 cm³/mol. The molecule has 0 aliphatic rings. The number of nitrogens with zero attached hydrogens (tertiary/aromatic N) is 2. The molecule has 0 aliphatic heterocycles. The predicted octanol–water partition coefficient (Wildman–Crippen LogP) is 3.12. The van der Waals surface area contributed by atoms with Crippen molar-refractivity contribution in [3.05, 3.63) is 95.3 Å². The van der Waals surface area contributed by atoms with Crippen LogP contribution in [0.3, 0.4) is 0 Å². The van der Waals surface area contributed by atoms with Gasteiger partial charge in [-0.1, -0.05) is 24.3 Å². The molecule has 0 unspecified atom stereocenters. The number of carboxylic acid groups (broad SMARTS) is 1. The summed E-state index contributed by atoms with van der Waals surface area (Å²) < 4.78 is 5.81. The second-order valence-corrected chi connectivity index (χ2v) is 5.76.